The van der Waals surface area contributed by atoms with E-state index < -0.39 is 6.10 Å². The molecule has 1 aliphatic rings. The summed E-state index contributed by atoms with van der Waals surface area (Å²) in [6, 6.07) is 0. The number of allylic oxidation sites excluding steroid dienone is 7. The van der Waals surface area contributed by atoms with Crippen molar-refractivity contribution >= 4 is 5.78 Å². The van der Waals surface area contributed by atoms with Crippen molar-refractivity contribution in [2.24, 2.45) is 17.6 Å². The average Bonchev–Trinajstić information content (AvgIpc) is 2.71. The molecule has 0 aliphatic heterocycles. The number of ether oxygens (including phenoxy) is 1. The molecular formula is C26H44N2O3. The zero-order chi connectivity index (χ0) is 23.4. The molecule has 0 saturated carbocycles. The number of rotatable bonds is 13. The molecule has 5 heteroatoms. The number of carbonyl (C=O) groups is 1. The van der Waals surface area contributed by atoms with Crippen molar-refractivity contribution in [3.63, 3.8) is 0 Å². The first kappa shape index (κ1) is 27.2. The second kappa shape index (κ2) is 14.3. The molecule has 0 aromatic heterocycles. The van der Waals surface area contributed by atoms with E-state index in [2.05, 4.69) is 51.2 Å². The van der Waals surface area contributed by atoms with Crippen LogP contribution >= 0.6 is 0 Å². The molecule has 0 bridgehead atoms. The van der Waals surface area contributed by atoms with Crippen LogP contribution in [0, 0.1) is 11.8 Å². The average molecular weight is 433 g/mol. The smallest absolute Gasteiger partial charge is 0.202 e. The molecule has 0 heterocycles. The second-order valence-corrected chi connectivity index (χ2v) is 8.97. The van der Waals surface area contributed by atoms with Gasteiger partial charge in [-0.2, -0.15) is 0 Å². The standard InChI is InChI=1S/C26H44N2O3/c1-18(2)10-7-11-19(3)12-8-13-20(4)14-15-22-21(5)24(29)26(31-6)23(25(22)30)28-17-9-16-27/h10,12,14,21-22,25,28,30H,7-9,11,13,15-17,27H2,1-6H3/b19-12+,20-14+/t21-,22-,25-/m0/s1. The molecule has 1 aliphatic carbocycles. The predicted octanol–water partition coefficient (Wildman–Crippen LogP) is 4.79. The van der Waals surface area contributed by atoms with Crippen molar-refractivity contribution in [2.45, 2.75) is 79.2 Å². The van der Waals surface area contributed by atoms with Crippen molar-refractivity contribution in [3.8, 4) is 0 Å². The third-order valence-corrected chi connectivity index (χ3v) is 5.99. The second-order valence-electron chi connectivity index (χ2n) is 8.97. The zero-order valence-corrected chi connectivity index (χ0v) is 20.5. The molecule has 176 valence electrons. The number of aliphatic hydroxyl groups excluding tert-OH is 1. The van der Waals surface area contributed by atoms with Crippen molar-refractivity contribution in [3.05, 3.63) is 46.4 Å². The van der Waals surface area contributed by atoms with Gasteiger partial charge in [-0.25, -0.2) is 0 Å². The maximum atomic E-state index is 12.8. The van der Waals surface area contributed by atoms with Crippen LogP contribution < -0.4 is 11.1 Å². The lowest BCUT2D eigenvalue weighted by molar-refractivity contribution is -0.126. The van der Waals surface area contributed by atoms with Crippen LogP contribution in [0.15, 0.2) is 46.4 Å². The Bertz CT molecular complexity index is 699. The lowest BCUT2D eigenvalue weighted by Crippen LogP contribution is -2.44. The summed E-state index contributed by atoms with van der Waals surface area (Å²) in [6.07, 6.45) is 11.7. The maximum Gasteiger partial charge on any atom is 0.202 e. The van der Waals surface area contributed by atoms with Gasteiger partial charge in [-0.05, 0) is 72.8 Å². The van der Waals surface area contributed by atoms with Gasteiger partial charge in [0.25, 0.3) is 0 Å². The van der Waals surface area contributed by atoms with Crippen molar-refractivity contribution in [1.29, 1.82) is 0 Å². The van der Waals surface area contributed by atoms with Gasteiger partial charge in [0.1, 0.15) is 6.10 Å². The van der Waals surface area contributed by atoms with Gasteiger partial charge in [0.05, 0.1) is 12.8 Å². The fraction of sp³-hybridized carbons (Fsp3) is 0.654. The summed E-state index contributed by atoms with van der Waals surface area (Å²) in [6.45, 7) is 11.6. The Hall–Kier alpha value is -1.85. The summed E-state index contributed by atoms with van der Waals surface area (Å²) in [4.78, 5) is 12.8. The molecule has 3 atom stereocenters. The monoisotopic (exact) mass is 432 g/mol. The third kappa shape index (κ3) is 9.04. The highest BCUT2D eigenvalue weighted by molar-refractivity contribution is 5.97. The highest BCUT2D eigenvalue weighted by Gasteiger charge is 2.41. The number of methoxy groups -OCH3 is 1. The zero-order valence-electron chi connectivity index (χ0n) is 20.5. The molecule has 5 nitrogen and oxygen atoms in total. The molecule has 0 radical (unpaired) electrons. The minimum absolute atomic E-state index is 0.0472. The number of nitrogens with two attached hydrogens (primary N) is 1. The van der Waals surface area contributed by atoms with E-state index in [1.807, 2.05) is 6.92 Å². The van der Waals surface area contributed by atoms with Gasteiger partial charge in [0.2, 0.25) is 5.78 Å². The van der Waals surface area contributed by atoms with Gasteiger partial charge in [-0.1, -0.05) is 41.9 Å². The number of aliphatic hydroxyl groups is 1. The van der Waals surface area contributed by atoms with Crippen LogP contribution in [0.4, 0.5) is 0 Å². The van der Waals surface area contributed by atoms with E-state index in [1.54, 1.807) is 0 Å². The molecule has 4 N–H and O–H groups in total. The van der Waals surface area contributed by atoms with Gasteiger partial charge in [-0.15, -0.1) is 0 Å². The first-order valence-electron chi connectivity index (χ1n) is 11.6. The normalized spacial score (nSPS) is 22.6. The van der Waals surface area contributed by atoms with E-state index in [0.29, 0.717) is 25.2 Å². The van der Waals surface area contributed by atoms with Crippen LogP contribution in [0.25, 0.3) is 0 Å². The van der Waals surface area contributed by atoms with E-state index in [1.165, 1.54) is 23.8 Å². The van der Waals surface area contributed by atoms with Crippen LogP contribution in [0.3, 0.4) is 0 Å². The minimum Gasteiger partial charge on any atom is -0.491 e. The first-order valence-corrected chi connectivity index (χ1v) is 11.6. The number of carbonyl (C=O) groups excluding carboxylic acids is 1. The molecule has 0 amide bonds. The van der Waals surface area contributed by atoms with Crippen LogP contribution in [-0.4, -0.2) is 37.2 Å². The molecule has 0 aromatic carbocycles. The third-order valence-electron chi connectivity index (χ3n) is 5.99. The van der Waals surface area contributed by atoms with Gasteiger partial charge in [0, 0.05) is 18.4 Å². The summed E-state index contributed by atoms with van der Waals surface area (Å²) < 4.78 is 5.33. The molecule has 1 rings (SSSR count). The number of hydrogen-bond acceptors (Lipinski definition) is 5. The molecule has 31 heavy (non-hydrogen) atoms. The first-order chi connectivity index (χ1) is 14.7. The number of ketones is 1. The van der Waals surface area contributed by atoms with E-state index in [4.69, 9.17) is 10.5 Å². The van der Waals surface area contributed by atoms with Crippen LogP contribution in [-0.2, 0) is 9.53 Å². The highest BCUT2D eigenvalue weighted by Crippen LogP contribution is 2.34. The van der Waals surface area contributed by atoms with Crippen LogP contribution in [0.5, 0.6) is 0 Å². The van der Waals surface area contributed by atoms with Gasteiger partial charge in [0.15, 0.2) is 5.76 Å². The quantitative estimate of drug-likeness (QED) is 0.288. The molecule has 0 fully saturated rings. The van der Waals surface area contributed by atoms with Crippen LogP contribution in [0.1, 0.15) is 73.1 Å². The Kier molecular flexibility index (Phi) is 12.5. The molecule has 0 unspecified atom stereocenters. The Balaban J connectivity index is 2.71. The topological polar surface area (TPSA) is 84.6 Å². The van der Waals surface area contributed by atoms with Crippen LogP contribution in [0.2, 0.25) is 0 Å². The van der Waals surface area contributed by atoms with E-state index >= 15 is 0 Å². The van der Waals surface area contributed by atoms with Crippen molar-refractivity contribution in [1.82, 2.24) is 5.32 Å². The van der Waals surface area contributed by atoms with Crippen molar-refractivity contribution < 1.29 is 14.6 Å². The van der Waals surface area contributed by atoms with E-state index in [0.717, 1.165) is 32.1 Å². The fourth-order valence-corrected chi connectivity index (χ4v) is 3.89. The number of Topliss-reactive ketones (excluding diaryl/α,β-unsaturated/α-hetero) is 1. The summed E-state index contributed by atoms with van der Waals surface area (Å²) in [7, 11) is 1.48. The van der Waals surface area contributed by atoms with Gasteiger partial charge >= 0.3 is 0 Å². The molecule has 0 aromatic rings. The van der Waals surface area contributed by atoms with E-state index in [-0.39, 0.29) is 23.4 Å². The molecular weight excluding hydrogens is 388 g/mol. The lowest BCUT2D eigenvalue weighted by Gasteiger charge is -2.35. The minimum atomic E-state index is -0.748. The predicted molar refractivity (Wildman–Crippen MR) is 129 cm³/mol. The number of nitrogens with one attached hydrogen (secondary N) is 1. The molecule has 0 saturated heterocycles. The number of hydrogen-bond donors (Lipinski definition) is 3. The Morgan fingerprint density at radius 3 is 2.29 bits per heavy atom. The molecule has 0 spiro atoms. The lowest BCUT2D eigenvalue weighted by atomic mass is 9.76. The van der Waals surface area contributed by atoms with E-state index in [9.17, 15) is 9.90 Å². The summed E-state index contributed by atoms with van der Waals surface area (Å²) in [5, 5.41) is 14.2. The Labute approximate surface area is 189 Å². The van der Waals surface area contributed by atoms with Gasteiger partial charge in [-0.3, -0.25) is 4.79 Å². The maximum absolute atomic E-state index is 12.8. The fourth-order valence-electron chi connectivity index (χ4n) is 3.89. The summed E-state index contributed by atoms with van der Waals surface area (Å²) >= 11 is 0. The largest absolute Gasteiger partial charge is 0.491 e. The highest BCUT2D eigenvalue weighted by atomic mass is 16.5. The SMILES string of the molecule is COC1=C(NCCCN)[C@@H](O)[C@@H](C/C=C(\C)CC/C=C(\C)CCC=C(C)C)[C@H](C)C1=O. The van der Waals surface area contributed by atoms with Crippen molar-refractivity contribution in [2.75, 3.05) is 20.2 Å². The van der Waals surface area contributed by atoms with Gasteiger partial charge < -0.3 is 20.9 Å². The Morgan fingerprint density at radius 1 is 1.10 bits per heavy atom. The summed E-state index contributed by atoms with van der Waals surface area (Å²) in [5.41, 5.74) is 10.2. The Morgan fingerprint density at radius 2 is 1.71 bits per heavy atom. The summed E-state index contributed by atoms with van der Waals surface area (Å²) in [5.74, 6) is -0.244.